The molecule has 1 atom stereocenters. The lowest BCUT2D eigenvalue weighted by Crippen LogP contribution is -2.53. The summed E-state index contributed by atoms with van der Waals surface area (Å²) in [5, 5.41) is 14.5. The number of amides is 2. The van der Waals surface area contributed by atoms with E-state index in [1.54, 1.807) is 57.2 Å². The Labute approximate surface area is 257 Å². The molecule has 12 nitrogen and oxygen atoms in total. The number of aryl methyl sites for hydroxylation is 1. The summed E-state index contributed by atoms with van der Waals surface area (Å²) in [6, 6.07) is 15.5. The third-order valence-corrected chi connectivity index (χ3v) is 8.68. The number of nitrogens with zero attached hydrogens (tertiary/aromatic N) is 3. The van der Waals surface area contributed by atoms with E-state index in [1.165, 1.54) is 50.3 Å². The number of carbonyl (C=O) groups excluding carboxylic acids is 2. The van der Waals surface area contributed by atoms with Crippen LogP contribution < -0.4 is 19.1 Å². The third-order valence-electron chi connectivity index (χ3n) is 6.91. The summed E-state index contributed by atoms with van der Waals surface area (Å²) in [4.78, 5) is 39.4. The molecule has 13 heteroatoms. The minimum atomic E-state index is -4.51. The first kappa shape index (κ1) is 33.8. The molecule has 44 heavy (non-hydrogen) atoms. The third kappa shape index (κ3) is 8.04. The van der Waals surface area contributed by atoms with E-state index in [-0.39, 0.29) is 46.7 Å². The molecule has 3 rings (SSSR count). The van der Waals surface area contributed by atoms with Crippen LogP contribution in [-0.4, -0.2) is 62.9 Å². The molecule has 0 aliphatic heterocycles. The van der Waals surface area contributed by atoms with E-state index >= 15 is 0 Å². The van der Waals surface area contributed by atoms with Gasteiger partial charge in [0.2, 0.25) is 11.8 Å². The van der Waals surface area contributed by atoms with Crippen LogP contribution in [0, 0.1) is 17.0 Å². The van der Waals surface area contributed by atoms with Crippen LogP contribution in [0.25, 0.3) is 0 Å². The SMILES string of the molecule is CC[C@@H](C(=O)NC(C)C)N(Cc1cccc(OC)c1)C(=O)CN(c1ccc(OC)cc1)S(=O)(=O)c1ccc(C)c([N+](=O)[O-])c1. The summed E-state index contributed by atoms with van der Waals surface area (Å²) in [5.74, 6) is -0.0243. The average molecular weight is 627 g/mol. The highest BCUT2D eigenvalue weighted by Crippen LogP contribution is 2.30. The van der Waals surface area contributed by atoms with Gasteiger partial charge in [0.1, 0.15) is 24.1 Å². The molecule has 0 saturated carbocycles. The molecule has 0 saturated heterocycles. The van der Waals surface area contributed by atoms with Gasteiger partial charge in [-0.25, -0.2) is 8.42 Å². The molecule has 0 fully saturated rings. The van der Waals surface area contributed by atoms with Crippen molar-refractivity contribution in [1.29, 1.82) is 0 Å². The number of nitro benzene ring substituents is 1. The molecule has 1 N–H and O–H groups in total. The number of hydrogen-bond acceptors (Lipinski definition) is 8. The van der Waals surface area contributed by atoms with Gasteiger partial charge in [0.05, 0.1) is 29.7 Å². The Kier molecular flexibility index (Phi) is 11.3. The van der Waals surface area contributed by atoms with E-state index in [0.29, 0.717) is 17.1 Å². The van der Waals surface area contributed by atoms with Crippen LogP contribution in [0.15, 0.2) is 71.6 Å². The molecule has 0 radical (unpaired) electrons. The highest BCUT2D eigenvalue weighted by atomic mass is 32.2. The summed E-state index contributed by atoms with van der Waals surface area (Å²) in [5.41, 5.74) is 0.709. The Morgan fingerprint density at radius 3 is 2.20 bits per heavy atom. The predicted octanol–water partition coefficient (Wildman–Crippen LogP) is 4.45. The molecular formula is C31H38N4O8S. The molecule has 0 heterocycles. The number of hydrogen-bond donors (Lipinski definition) is 1. The van der Waals surface area contributed by atoms with Gasteiger partial charge in [-0.1, -0.05) is 25.1 Å². The van der Waals surface area contributed by atoms with Gasteiger partial charge in [-0.2, -0.15) is 0 Å². The van der Waals surface area contributed by atoms with Crippen molar-refractivity contribution in [2.24, 2.45) is 0 Å². The highest BCUT2D eigenvalue weighted by molar-refractivity contribution is 7.92. The largest absolute Gasteiger partial charge is 0.497 e. The topological polar surface area (TPSA) is 148 Å². The van der Waals surface area contributed by atoms with E-state index in [9.17, 15) is 28.1 Å². The monoisotopic (exact) mass is 626 g/mol. The summed E-state index contributed by atoms with van der Waals surface area (Å²) >= 11 is 0. The Balaban J connectivity index is 2.13. The van der Waals surface area contributed by atoms with E-state index < -0.39 is 33.4 Å². The summed E-state index contributed by atoms with van der Waals surface area (Å²) < 4.78 is 39.6. The Hall–Kier alpha value is -4.65. The molecule has 0 aliphatic rings. The molecule has 236 valence electrons. The first-order valence-corrected chi connectivity index (χ1v) is 15.4. The highest BCUT2D eigenvalue weighted by Gasteiger charge is 2.34. The smallest absolute Gasteiger partial charge is 0.273 e. The zero-order valence-corrected chi connectivity index (χ0v) is 26.5. The van der Waals surface area contributed by atoms with Gasteiger partial charge in [0.15, 0.2) is 0 Å². The van der Waals surface area contributed by atoms with E-state index in [0.717, 1.165) is 10.4 Å². The molecule has 0 unspecified atom stereocenters. The van der Waals surface area contributed by atoms with E-state index in [2.05, 4.69) is 5.32 Å². The van der Waals surface area contributed by atoms with E-state index in [1.807, 2.05) is 0 Å². The maximum absolute atomic E-state index is 14.2. The Morgan fingerprint density at radius 2 is 1.64 bits per heavy atom. The number of rotatable bonds is 14. The van der Waals surface area contributed by atoms with Crippen molar-refractivity contribution in [3.05, 3.63) is 88.0 Å². The van der Waals surface area contributed by atoms with Crippen molar-refractivity contribution in [3.63, 3.8) is 0 Å². The van der Waals surface area contributed by atoms with Crippen LogP contribution in [0.5, 0.6) is 11.5 Å². The van der Waals surface area contributed by atoms with Gasteiger partial charge in [0, 0.05) is 24.2 Å². The first-order valence-electron chi connectivity index (χ1n) is 14.0. The van der Waals surface area contributed by atoms with Crippen LogP contribution in [-0.2, 0) is 26.2 Å². The molecule has 0 bridgehead atoms. The van der Waals surface area contributed by atoms with Crippen LogP contribution in [0.4, 0.5) is 11.4 Å². The standard InChI is InChI=1S/C31H38N4O8S/c1-7-28(31(37)32-21(2)3)33(19-23-9-8-10-26(17-23)43-6)30(36)20-34(24-12-14-25(42-5)15-13-24)44(40,41)27-16-11-22(4)29(18-27)35(38)39/h8-18,21,28H,7,19-20H2,1-6H3,(H,32,37)/t28-/m0/s1. The predicted molar refractivity (Wildman–Crippen MR) is 166 cm³/mol. The van der Waals surface area contributed by atoms with Crippen molar-refractivity contribution in [2.45, 2.75) is 57.6 Å². The summed E-state index contributed by atoms with van der Waals surface area (Å²) in [6.45, 7) is 6.18. The van der Waals surface area contributed by atoms with Crippen molar-refractivity contribution >= 4 is 33.2 Å². The maximum atomic E-state index is 14.2. The second kappa shape index (κ2) is 14.7. The molecule has 0 spiro atoms. The Bertz CT molecular complexity index is 1590. The lowest BCUT2D eigenvalue weighted by atomic mass is 10.1. The first-order chi connectivity index (χ1) is 20.8. The second-order valence-corrected chi connectivity index (χ2v) is 12.2. The Morgan fingerprint density at radius 1 is 0.977 bits per heavy atom. The molecule has 3 aromatic rings. The number of sulfonamides is 1. The van der Waals surface area contributed by atoms with E-state index in [4.69, 9.17) is 9.47 Å². The molecule has 3 aromatic carbocycles. The fourth-order valence-electron chi connectivity index (χ4n) is 4.62. The summed E-state index contributed by atoms with van der Waals surface area (Å²) in [6.07, 6.45) is 0.258. The summed E-state index contributed by atoms with van der Waals surface area (Å²) in [7, 11) is -1.54. The van der Waals surface area contributed by atoms with Crippen molar-refractivity contribution < 1.29 is 32.4 Å². The van der Waals surface area contributed by atoms with Crippen LogP contribution >= 0.6 is 0 Å². The van der Waals surface area contributed by atoms with Gasteiger partial charge < -0.3 is 19.7 Å². The quantitative estimate of drug-likeness (QED) is 0.204. The number of carbonyl (C=O) groups is 2. The van der Waals surface area contributed by atoms with Gasteiger partial charge in [-0.05, 0) is 75.2 Å². The molecule has 0 aliphatic carbocycles. The number of ether oxygens (including phenoxy) is 2. The fraction of sp³-hybridized carbons (Fsp3) is 0.355. The minimum Gasteiger partial charge on any atom is -0.497 e. The van der Waals surface area contributed by atoms with Crippen molar-refractivity contribution in [3.8, 4) is 11.5 Å². The zero-order valence-electron chi connectivity index (χ0n) is 25.6. The van der Waals surface area contributed by atoms with Crippen molar-refractivity contribution in [2.75, 3.05) is 25.1 Å². The van der Waals surface area contributed by atoms with Gasteiger partial charge in [0.25, 0.3) is 15.7 Å². The number of nitrogens with one attached hydrogen (secondary N) is 1. The number of methoxy groups -OCH3 is 2. The van der Waals surface area contributed by atoms with Gasteiger partial charge in [-0.3, -0.25) is 24.0 Å². The normalized spacial score (nSPS) is 11.9. The lowest BCUT2D eigenvalue weighted by Gasteiger charge is -2.33. The van der Waals surface area contributed by atoms with Crippen molar-refractivity contribution in [1.82, 2.24) is 10.2 Å². The number of nitro groups is 1. The molecular weight excluding hydrogens is 588 g/mol. The van der Waals surface area contributed by atoms with Gasteiger partial charge in [-0.15, -0.1) is 0 Å². The zero-order chi connectivity index (χ0) is 32.6. The fourth-order valence-corrected chi connectivity index (χ4v) is 6.05. The maximum Gasteiger partial charge on any atom is 0.273 e. The number of benzene rings is 3. The van der Waals surface area contributed by atoms with Gasteiger partial charge >= 0.3 is 0 Å². The second-order valence-electron chi connectivity index (χ2n) is 10.4. The lowest BCUT2D eigenvalue weighted by molar-refractivity contribution is -0.385. The number of anilines is 1. The van der Waals surface area contributed by atoms with Crippen LogP contribution in [0.3, 0.4) is 0 Å². The average Bonchev–Trinajstić information content (AvgIpc) is 2.99. The minimum absolute atomic E-state index is 0.00738. The van der Waals surface area contributed by atoms with Crippen LogP contribution in [0.1, 0.15) is 38.3 Å². The molecule has 2 amide bonds. The van der Waals surface area contributed by atoms with Crippen LogP contribution in [0.2, 0.25) is 0 Å². The molecule has 0 aromatic heterocycles.